The van der Waals surface area contributed by atoms with Gasteiger partial charge in [0, 0.05) is 0 Å². The van der Waals surface area contributed by atoms with Crippen LogP contribution in [-0.2, 0) is 9.59 Å². The number of benzene rings is 1. The van der Waals surface area contributed by atoms with Gasteiger partial charge in [0.1, 0.15) is 11.3 Å². The van der Waals surface area contributed by atoms with E-state index in [1.165, 1.54) is 32.1 Å². The lowest BCUT2D eigenvalue weighted by molar-refractivity contribution is -0.244. The number of hydrogen-bond acceptors (Lipinski definition) is 3. The standard InChI is InChI=1S/C22H28N2O3/c1-22(2)21(26)23(20-16-9-14-8-15(11-16)12-17(20)10-14)24(22)19(25)13-27-18-6-4-3-5-7-18/h3-7,14-17,20H,8-13H2,1-2H3. The van der Waals surface area contributed by atoms with Crippen molar-refractivity contribution in [3.8, 4) is 5.75 Å². The number of hydrogen-bond donors (Lipinski definition) is 0. The Morgan fingerprint density at radius 1 is 1.04 bits per heavy atom. The highest BCUT2D eigenvalue weighted by molar-refractivity contribution is 5.98. The summed E-state index contributed by atoms with van der Waals surface area (Å²) in [5.41, 5.74) is -0.772. The van der Waals surface area contributed by atoms with Gasteiger partial charge in [-0.25, -0.2) is 10.0 Å². The van der Waals surface area contributed by atoms with Crippen LogP contribution in [0, 0.1) is 23.7 Å². The van der Waals surface area contributed by atoms with E-state index in [1.54, 1.807) is 5.01 Å². The van der Waals surface area contributed by atoms with Crippen LogP contribution in [0.4, 0.5) is 0 Å². The van der Waals surface area contributed by atoms with Crippen LogP contribution in [0.5, 0.6) is 5.75 Å². The average Bonchev–Trinajstić information content (AvgIpc) is 2.65. The monoisotopic (exact) mass is 368 g/mol. The number of ether oxygens (including phenoxy) is 1. The summed E-state index contributed by atoms with van der Waals surface area (Å²) in [6, 6.07) is 9.58. The third-order valence-electron chi connectivity index (χ3n) is 7.28. The Morgan fingerprint density at radius 3 is 2.22 bits per heavy atom. The Labute approximate surface area is 160 Å². The van der Waals surface area contributed by atoms with Gasteiger partial charge >= 0.3 is 0 Å². The predicted octanol–water partition coefficient (Wildman–Crippen LogP) is 3.25. The van der Waals surface area contributed by atoms with Crippen LogP contribution < -0.4 is 4.74 Å². The summed E-state index contributed by atoms with van der Waals surface area (Å²) in [5.74, 6) is 3.46. The molecule has 0 unspecified atom stereocenters. The van der Waals surface area contributed by atoms with E-state index in [0.29, 0.717) is 17.6 Å². The number of carbonyl (C=O) groups is 2. The molecule has 0 N–H and O–H groups in total. The Kier molecular flexibility index (Phi) is 3.78. The number of carbonyl (C=O) groups excluding carboxylic acids is 2. The summed E-state index contributed by atoms with van der Waals surface area (Å²) >= 11 is 0. The van der Waals surface area contributed by atoms with Gasteiger partial charge in [0.15, 0.2) is 6.61 Å². The minimum Gasteiger partial charge on any atom is -0.484 e. The molecule has 4 aliphatic carbocycles. The van der Waals surface area contributed by atoms with Crippen molar-refractivity contribution in [2.75, 3.05) is 6.61 Å². The van der Waals surface area contributed by atoms with Crippen molar-refractivity contribution in [3.63, 3.8) is 0 Å². The van der Waals surface area contributed by atoms with Gasteiger partial charge in [-0.15, -0.1) is 0 Å². The highest BCUT2D eigenvalue weighted by Gasteiger charge is 2.62. The highest BCUT2D eigenvalue weighted by Crippen LogP contribution is 2.56. The lowest BCUT2D eigenvalue weighted by atomic mass is 9.53. The molecule has 4 saturated carbocycles. The second-order valence-corrected chi connectivity index (χ2v) is 9.44. The van der Waals surface area contributed by atoms with Gasteiger partial charge in [0.2, 0.25) is 0 Å². The van der Waals surface area contributed by atoms with Crippen molar-refractivity contribution in [2.45, 2.75) is 57.5 Å². The molecule has 1 aromatic rings. The van der Waals surface area contributed by atoms with Crippen molar-refractivity contribution >= 4 is 11.8 Å². The zero-order valence-corrected chi connectivity index (χ0v) is 16.1. The number of para-hydroxylation sites is 1. The number of rotatable bonds is 4. The third-order valence-corrected chi connectivity index (χ3v) is 7.28. The molecule has 1 aliphatic heterocycles. The van der Waals surface area contributed by atoms with Crippen molar-refractivity contribution in [3.05, 3.63) is 30.3 Å². The third kappa shape index (κ3) is 2.58. The average molecular weight is 368 g/mol. The summed E-state index contributed by atoms with van der Waals surface area (Å²) in [5, 5.41) is 3.52. The molecule has 1 saturated heterocycles. The maximum Gasteiger partial charge on any atom is 0.280 e. The Hall–Kier alpha value is -2.04. The fourth-order valence-corrected chi connectivity index (χ4v) is 6.41. The lowest BCUT2D eigenvalue weighted by Crippen LogP contribution is -2.81. The zero-order chi connectivity index (χ0) is 18.8. The normalized spacial score (nSPS) is 35.9. The van der Waals surface area contributed by atoms with E-state index in [-0.39, 0.29) is 24.5 Å². The van der Waals surface area contributed by atoms with Crippen LogP contribution in [0.1, 0.15) is 46.0 Å². The van der Waals surface area contributed by atoms with E-state index in [0.717, 1.165) is 11.8 Å². The molecular formula is C22H28N2O3. The van der Waals surface area contributed by atoms with Gasteiger partial charge in [-0.2, -0.15) is 0 Å². The molecular weight excluding hydrogens is 340 g/mol. The molecule has 0 spiro atoms. The first kappa shape index (κ1) is 17.1. The molecule has 0 radical (unpaired) electrons. The molecule has 1 heterocycles. The summed E-state index contributed by atoms with van der Waals surface area (Å²) in [4.78, 5) is 26.0. The molecule has 2 amide bonds. The van der Waals surface area contributed by atoms with Gasteiger partial charge < -0.3 is 4.74 Å². The molecule has 5 heteroatoms. The first-order chi connectivity index (χ1) is 12.9. The van der Waals surface area contributed by atoms with Gasteiger partial charge in [-0.1, -0.05) is 18.2 Å². The topological polar surface area (TPSA) is 49.9 Å². The van der Waals surface area contributed by atoms with E-state index in [4.69, 9.17) is 4.74 Å². The zero-order valence-electron chi connectivity index (χ0n) is 16.1. The Bertz CT molecular complexity index is 732. The van der Waals surface area contributed by atoms with Crippen molar-refractivity contribution < 1.29 is 14.3 Å². The number of hydrazine groups is 1. The summed E-state index contributed by atoms with van der Waals surface area (Å²) in [6.45, 7) is 3.66. The van der Waals surface area contributed by atoms with Crippen LogP contribution >= 0.6 is 0 Å². The number of nitrogens with zero attached hydrogens (tertiary/aromatic N) is 2. The highest BCUT2D eigenvalue weighted by atomic mass is 16.5. The van der Waals surface area contributed by atoms with E-state index in [2.05, 4.69) is 0 Å². The summed E-state index contributed by atoms with van der Waals surface area (Å²) in [6.07, 6.45) is 6.29. The first-order valence-electron chi connectivity index (χ1n) is 10.3. The van der Waals surface area contributed by atoms with E-state index in [1.807, 2.05) is 49.2 Å². The summed E-state index contributed by atoms with van der Waals surface area (Å²) in [7, 11) is 0. The van der Waals surface area contributed by atoms with E-state index < -0.39 is 5.54 Å². The van der Waals surface area contributed by atoms with Crippen LogP contribution in [0.3, 0.4) is 0 Å². The van der Waals surface area contributed by atoms with Crippen molar-refractivity contribution in [1.29, 1.82) is 0 Å². The van der Waals surface area contributed by atoms with Crippen LogP contribution in [-0.4, -0.2) is 40.0 Å². The maximum absolute atomic E-state index is 13.0. The minimum atomic E-state index is -0.772. The second kappa shape index (κ2) is 5.98. The predicted molar refractivity (Wildman–Crippen MR) is 101 cm³/mol. The van der Waals surface area contributed by atoms with Crippen LogP contribution in [0.15, 0.2) is 30.3 Å². The number of amides is 2. The smallest absolute Gasteiger partial charge is 0.280 e. The van der Waals surface area contributed by atoms with Crippen LogP contribution in [0.25, 0.3) is 0 Å². The quantitative estimate of drug-likeness (QED) is 0.820. The Morgan fingerprint density at radius 2 is 1.63 bits per heavy atom. The van der Waals surface area contributed by atoms with Gasteiger partial charge in [-0.3, -0.25) is 9.59 Å². The minimum absolute atomic E-state index is 0.0372. The molecule has 27 heavy (non-hydrogen) atoms. The fraction of sp³-hybridized carbons (Fsp3) is 0.636. The SMILES string of the molecule is CC1(C)C(=O)N(C2C3CC4CC(C3)CC2C4)N1C(=O)COc1ccccc1. The molecule has 144 valence electrons. The molecule has 6 rings (SSSR count). The van der Waals surface area contributed by atoms with Gasteiger partial charge in [0.25, 0.3) is 11.8 Å². The lowest BCUT2D eigenvalue weighted by Gasteiger charge is -2.64. The Balaban J connectivity index is 1.34. The molecule has 5 fully saturated rings. The molecule has 0 atom stereocenters. The van der Waals surface area contributed by atoms with E-state index >= 15 is 0 Å². The summed E-state index contributed by atoms with van der Waals surface area (Å²) < 4.78 is 5.68. The molecule has 4 bridgehead atoms. The largest absolute Gasteiger partial charge is 0.484 e. The van der Waals surface area contributed by atoms with Gasteiger partial charge in [-0.05, 0) is 81.8 Å². The maximum atomic E-state index is 13.0. The van der Waals surface area contributed by atoms with Gasteiger partial charge in [0.05, 0.1) is 6.04 Å². The van der Waals surface area contributed by atoms with E-state index in [9.17, 15) is 9.59 Å². The molecule has 0 aromatic heterocycles. The fourth-order valence-electron chi connectivity index (χ4n) is 6.41. The molecule has 1 aromatic carbocycles. The first-order valence-corrected chi connectivity index (χ1v) is 10.3. The molecule has 5 aliphatic rings. The van der Waals surface area contributed by atoms with Crippen molar-refractivity contribution in [2.24, 2.45) is 23.7 Å². The second-order valence-electron chi connectivity index (χ2n) is 9.44. The molecule has 5 nitrogen and oxygen atoms in total. The van der Waals surface area contributed by atoms with Crippen molar-refractivity contribution in [1.82, 2.24) is 10.0 Å². The van der Waals surface area contributed by atoms with Crippen LogP contribution in [0.2, 0.25) is 0 Å².